The van der Waals surface area contributed by atoms with Gasteiger partial charge in [-0.2, -0.15) is 0 Å². The van der Waals surface area contributed by atoms with Crippen LogP contribution >= 0.6 is 11.6 Å². The number of carbonyl (C=O) groups excluding carboxylic acids is 1. The van der Waals surface area contributed by atoms with Crippen molar-refractivity contribution in [2.45, 2.75) is 19.9 Å². The second kappa shape index (κ2) is 8.19. The molecular formula is C21H24ClN3O3. The Morgan fingerprint density at radius 3 is 2.93 bits per heavy atom. The van der Waals surface area contributed by atoms with Crippen LogP contribution in [0.2, 0.25) is 5.02 Å². The minimum Gasteiger partial charge on any atom is -0.454 e. The first-order valence-electron chi connectivity index (χ1n) is 9.50. The van der Waals surface area contributed by atoms with Crippen LogP contribution < -0.4 is 25.0 Å². The molecule has 0 aliphatic carbocycles. The zero-order valence-electron chi connectivity index (χ0n) is 15.8. The molecule has 0 spiro atoms. The number of amides is 2. The number of anilines is 1. The topological polar surface area (TPSA) is 62.8 Å². The van der Waals surface area contributed by atoms with Gasteiger partial charge in [0.2, 0.25) is 6.79 Å². The molecule has 2 aromatic rings. The number of nitrogens with zero attached hydrogens (tertiary/aromatic N) is 1. The third-order valence-electron chi connectivity index (χ3n) is 5.24. The average Bonchev–Trinajstić information content (AvgIpc) is 3.35. The summed E-state index contributed by atoms with van der Waals surface area (Å²) in [6.07, 6.45) is 1.05. The van der Waals surface area contributed by atoms with Crippen molar-refractivity contribution >= 4 is 23.3 Å². The van der Waals surface area contributed by atoms with Crippen molar-refractivity contribution in [3.63, 3.8) is 0 Å². The minimum atomic E-state index is -0.157. The van der Waals surface area contributed by atoms with Gasteiger partial charge in [-0.25, -0.2) is 4.79 Å². The van der Waals surface area contributed by atoms with Crippen LogP contribution in [0.15, 0.2) is 36.4 Å². The predicted octanol–water partition coefficient (Wildman–Crippen LogP) is 3.70. The summed E-state index contributed by atoms with van der Waals surface area (Å²) < 4.78 is 10.7. The van der Waals surface area contributed by atoms with Gasteiger partial charge in [-0.05, 0) is 54.7 Å². The highest BCUT2D eigenvalue weighted by atomic mass is 35.5. The number of halogens is 1. The van der Waals surface area contributed by atoms with E-state index >= 15 is 0 Å². The first-order valence-corrected chi connectivity index (χ1v) is 9.87. The van der Waals surface area contributed by atoms with Gasteiger partial charge in [0.25, 0.3) is 0 Å². The molecule has 2 N–H and O–H groups in total. The zero-order valence-corrected chi connectivity index (χ0v) is 16.6. The lowest BCUT2D eigenvalue weighted by atomic mass is 10.1. The Bertz CT molecular complexity index is 874. The number of carbonyl (C=O) groups is 1. The Balaban J connectivity index is 1.22. The summed E-state index contributed by atoms with van der Waals surface area (Å²) in [7, 11) is 0. The molecule has 1 saturated heterocycles. The van der Waals surface area contributed by atoms with Crippen molar-refractivity contribution in [2.24, 2.45) is 5.92 Å². The number of rotatable bonds is 5. The molecule has 0 saturated carbocycles. The number of aryl methyl sites for hydroxylation is 1. The number of benzene rings is 2. The number of hydrogen-bond acceptors (Lipinski definition) is 4. The third-order valence-corrected chi connectivity index (χ3v) is 5.47. The Morgan fingerprint density at radius 2 is 2.04 bits per heavy atom. The van der Waals surface area contributed by atoms with Crippen molar-refractivity contribution in [3.05, 3.63) is 52.5 Å². The Kier molecular flexibility index (Phi) is 5.48. The standard InChI is InChI=1S/C21H24ClN3O3/c1-14-2-4-17(22)9-18(14)25-7-6-16(12-25)11-24-21(26)23-10-15-3-5-19-20(8-15)28-13-27-19/h2-5,8-9,16H,6-7,10-13H2,1H3,(H2,23,24,26). The number of urea groups is 1. The molecule has 2 amide bonds. The molecule has 4 rings (SSSR count). The smallest absolute Gasteiger partial charge is 0.315 e. The fourth-order valence-electron chi connectivity index (χ4n) is 3.67. The van der Waals surface area contributed by atoms with Crippen molar-refractivity contribution in [3.8, 4) is 11.5 Å². The van der Waals surface area contributed by atoms with E-state index in [-0.39, 0.29) is 12.8 Å². The van der Waals surface area contributed by atoms with E-state index in [1.807, 2.05) is 36.4 Å². The SMILES string of the molecule is Cc1ccc(Cl)cc1N1CCC(CNC(=O)NCc2ccc3c(c2)OCO3)C1. The van der Waals surface area contributed by atoms with Crippen molar-refractivity contribution in [2.75, 3.05) is 31.3 Å². The van der Waals surface area contributed by atoms with E-state index < -0.39 is 0 Å². The summed E-state index contributed by atoms with van der Waals surface area (Å²) in [6, 6.07) is 11.5. The molecule has 148 valence electrons. The lowest BCUT2D eigenvalue weighted by Crippen LogP contribution is -2.38. The number of ether oxygens (including phenoxy) is 2. The molecule has 1 unspecified atom stereocenters. The fourth-order valence-corrected chi connectivity index (χ4v) is 3.84. The minimum absolute atomic E-state index is 0.157. The van der Waals surface area contributed by atoms with E-state index in [9.17, 15) is 4.79 Å². The van der Waals surface area contributed by atoms with Crippen LogP contribution in [0.25, 0.3) is 0 Å². The second-order valence-corrected chi connectivity index (χ2v) is 7.72. The van der Waals surface area contributed by atoms with Crippen LogP contribution in [0.1, 0.15) is 17.5 Å². The molecule has 0 aromatic heterocycles. The van der Waals surface area contributed by atoms with E-state index in [2.05, 4.69) is 22.5 Å². The molecule has 2 aromatic carbocycles. The highest BCUT2D eigenvalue weighted by Crippen LogP contribution is 2.32. The summed E-state index contributed by atoms with van der Waals surface area (Å²) in [4.78, 5) is 14.5. The molecule has 28 heavy (non-hydrogen) atoms. The normalized spacial score (nSPS) is 17.6. The summed E-state index contributed by atoms with van der Waals surface area (Å²) in [5.74, 6) is 1.89. The van der Waals surface area contributed by atoms with Gasteiger partial charge in [0.05, 0.1) is 0 Å². The fraction of sp³-hybridized carbons (Fsp3) is 0.381. The molecule has 1 fully saturated rings. The second-order valence-electron chi connectivity index (χ2n) is 7.28. The third kappa shape index (κ3) is 4.28. The van der Waals surface area contributed by atoms with E-state index in [0.29, 0.717) is 19.0 Å². The zero-order chi connectivity index (χ0) is 19.5. The van der Waals surface area contributed by atoms with Gasteiger partial charge in [0, 0.05) is 36.9 Å². The number of hydrogen-bond donors (Lipinski definition) is 2. The molecular weight excluding hydrogens is 378 g/mol. The first-order chi connectivity index (χ1) is 13.6. The van der Waals surface area contributed by atoms with Crippen molar-refractivity contribution in [1.82, 2.24) is 10.6 Å². The molecule has 1 atom stereocenters. The monoisotopic (exact) mass is 401 g/mol. The Labute approximate surface area is 169 Å². The van der Waals surface area contributed by atoms with E-state index in [0.717, 1.165) is 41.6 Å². The van der Waals surface area contributed by atoms with Gasteiger partial charge < -0.3 is 25.0 Å². The molecule has 0 bridgehead atoms. The summed E-state index contributed by atoms with van der Waals surface area (Å²) in [5, 5.41) is 6.64. The van der Waals surface area contributed by atoms with Crippen LogP contribution in [0, 0.1) is 12.8 Å². The highest BCUT2D eigenvalue weighted by Gasteiger charge is 2.24. The van der Waals surface area contributed by atoms with Gasteiger partial charge in [-0.1, -0.05) is 23.7 Å². The van der Waals surface area contributed by atoms with Crippen LogP contribution in [-0.4, -0.2) is 32.5 Å². The molecule has 2 heterocycles. The highest BCUT2D eigenvalue weighted by molar-refractivity contribution is 6.30. The summed E-state index contributed by atoms with van der Waals surface area (Å²) in [5.41, 5.74) is 3.38. The lowest BCUT2D eigenvalue weighted by Gasteiger charge is -2.21. The number of fused-ring (bicyclic) bond motifs is 1. The van der Waals surface area contributed by atoms with Crippen molar-refractivity contribution < 1.29 is 14.3 Å². The largest absolute Gasteiger partial charge is 0.454 e. The Morgan fingerprint density at radius 1 is 1.18 bits per heavy atom. The lowest BCUT2D eigenvalue weighted by molar-refractivity contribution is 0.174. The Hall–Kier alpha value is -2.60. The van der Waals surface area contributed by atoms with Crippen molar-refractivity contribution in [1.29, 1.82) is 0 Å². The average molecular weight is 402 g/mol. The van der Waals surface area contributed by atoms with E-state index in [4.69, 9.17) is 21.1 Å². The molecule has 7 heteroatoms. The maximum absolute atomic E-state index is 12.1. The maximum atomic E-state index is 12.1. The van der Waals surface area contributed by atoms with E-state index in [1.165, 1.54) is 11.3 Å². The van der Waals surface area contributed by atoms with E-state index in [1.54, 1.807) is 0 Å². The van der Waals surface area contributed by atoms with Gasteiger partial charge in [-0.3, -0.25) is 0 Å². The van der Waals surface area contributed by atoms with Gasteiger partial charge in [0.15, 0.2) is 11.5 Å². The summed E-state index contributed by atoms with van der Waals surface area (Å²) >= 11 is 6.14. The molecule has 2 aliphatic heterocycles. The van der Waals surface area contributed by atoms with Gasteiger partial charge >= 0.3 is 6.03 Å². The van der Waals surface area contributed by atoms with Gasteiger partial charge in [0.1, 0.15) is 0 Å². The molecule has 6 nitrogen and oxygen atoms in total. The van der Waals surface area contributed by atoms with Crippen LogP contribution in [0.5, 0.6) is 11.5 Å². The number of nitrogens with one attached hydrogen (secondary N) is 2. The first kappa shape index (κ1) is 18.7. The van der Waals surface area contributed by atoms with Crippen LogP contribution in [0.4, 0.5) is 10.5 Å². The summed E-state index contributed by atoms with van der Waals surface area (Å²) in [6.45, 7) is 5.35. The van der Waals surface area contributed by atoms with Crippen LogP contribution in [0.3, 0.4) is 0 Å². The predicted molar refractivity (Wildman–Crippen MR) is 109 cm³/mol. The molecule has 0 radical (unpaired) electrons. The molecule has 2 aliphatic rings. The maximum Gasteiger partial charge on any atom is 0.315 e. The quantitative estimate of drug-likeness (QED) is 0.801. The van der Waals surface area contributed by atoms with Crippen LogP contribution in [-0.2, 0) is 6.54 Å². The van der Waals surface area contributed by atoms with Gasteiger partial charge in [-0.15, -0.1) is 0 Å².